The van der Waals surface area contributed by atoms with Crippen molar-refractivity contribution in [3.8, 4) is 44.5 Å². The normalized spacial score (nSPS) is 12.4. The smallest absolute Gasteiger partial charge is 0.169 e. The minimum absolute atomic E-state index is 0.264. The van der Waals surface area contributed by atoms with Crippen LogP contribution in [0.1, 0.15) is 22.3 Å². The van der Waals surface area contributed by atoms with Crippen LogP contribution in [-0.4, -0.2) is 12.4 Å². The second-order valence-corrected chi connectivity index (χ2v) is 13.9. The average molecular weight is 737 g/mol. The van der Waals surface area contributed by atoms with E-state index in [0.717, 1.165) is 68.8 Å². The van der Waals surface area contributed by atoms with Crippen molar-refractivity contribution in [1.82, 2.24) is 0 Å². The van der Waals surface area contributed by atoms with Crippen molar-refractivity contribution in [2.75, 3.05) is 0 Å². The lowest BCUT2D eigenvalue weighted by Gasteiger charge is -2.38. The molecule has 0 unspecified atom stereocenters. The first kappa shape index (κ1) is 35.9. The summed E-state index contributed by atoms with van der Waals surface area (Å²) in [5.41, 5.74) is 1.74. The Bertz CT molecular complexity index is 2650. The van der Waals surface area contributed by atoms with Gasteiger partial charge in [0, 0.05) is 0 Å². The number of alkyl halides is 6. The summed E-state index contributed by atoms with van der Waals surface area (Å²) in [5, 5.41) is 1.69. The maximum Gasteiger partial charge on any atom is 0.411 e. The Labute approximate surface area is 315 Å². The monoisotopic (exact) mass is 736 g/mol. The van der Waals surface area contributed by atoms with Gasteiger partial charge in [-0.05, 0) is 126 Å². The standard InChI is InChI=1S/C49H34F6/c1-31-41-26-25-40(30-42(41)32(2)46(36-21-13-6-14-22-36)45(31)35-19-11-5-12-20-35)47(48(50,51)52,49(53,54)55)39-24-23-37-28-43(33-15-7-3-8-16-33)44(29-38(37)27-39)34-17-9-4-10-18-34/h3-30H,1-2H3. The van der Waals surface area contributed by atoms with Gasteiger partial charge in [0.2, 0.25) is 5.41 Å². The summed E-state index contributed by atoms with van der Waals surface area (Å²) in [5.74, 6) is 0. The summed E-state index contributed by atoms with van der Waals surface area (Å²) >= 11 is 0. The first-order chi connectivity index (χ1) is 26.4. The quantitative estimate of drug-likeness (QED) is 0.149. The molecule has 0 aliphatic rings. The highest BCUT2D eigenvalue weighted by Gasteiger charge is 2.72. The van der Waals surface area contributed by atoms with E-state index in [0.29, 0.717) is 27.3 Å². The van der Waals surface area contributed by atoms with Crippen molar-refractivity contribution in [1.29, 1.82) is 0 Å². The lowest BCUT2D eigenvalue weighted by atomic mass is 9.71. The molecule has 0 aliphatic carbocycles. The van der Waals surface area contributed by atoms with Crippen LogP contribution in [0, 0.1) is 13.8 Å². The summed E-state index contributed by atoms with van der Waals surface area (Å²) in [4.78, 5) is 0. The fourth-order valence-corrected chi connectivity index (χ4v) is 8.22. The number of aryl methyl sites for hydroxylation is 2. The lowest BCUT2D eigenvalue weighted by molar-refractivity contribution is -0.288. The molecule has 0 bridgehead atoms. The minimum Gasteiger partial charge on any atom is -0.169 e. The molecule has 0 fully saturated rings. The second kappa shape index (κ2) is 13.6. The number of rotatable bonds is 6. The molecule has 0 nitrogen and oxygen atoms in total. The van der Waals surface area contributed by atoms with Crippen molar-refractivity contribution in [2.24, 2.45) is 0 Å². The van der Waals surface area contributed by atoms with Gasteiger partial charge in [0.05, 0.1) is 0 Å². The Morgan fingerprint density at radius 3 is 1.18 bits per heavy atom. The highest BCUT2D eigenvalue weighted by Crippen LogP contribution is 2.57. The highest BCUT2D eigenvalue weighted by atomic mass is 19.4. The Morgan fingerprint density at radius 2 is 0.727 bits per heavy atom. The Kier molecular flexibility index (Phi) is 8.88. The number of halogens is 6. The first-order valence-electron chi connectivity index (χ1n) is 17.9. The predicted octanol–water partition coefficient (Wildman–Crippen LogP) is 14.7. The fraction of sp³-hybridized carbons (Fsp3) is 0.102. The topological polar surface area (TPSA) is 0 Å². The van der Waals surface area contributed by atoms with Crippen LogP contribution in [0.3, 0.4) is 0 Å². The molecule has 0 aliphatic heterocycles. The highest BCUT2D eigenvalue weighted by molar-refractivity contribution is 6.03. The Morgan fingerprint density at radius 1 is 0.345 bits per heavy atom. The number of hydrogen-bond donors (Lipinski definition) is 0. The molecule has 0 N–H and O–H groups in total. The summed E-state index contributed by atoms with van der Waals surface area (Å²) in [6, 6.07) is 48.3. The molecule has 0 spiro atoms. The average Bonchev–Trinajstić information content (AvgIpc) is 3.19. The molecule has 55 heavy (non-hydrogen) atoms. The second-order valence-electron chi connectivity index (χ2n) is 13.9. The van der Waals surface area contributed by atoms with Gasteiger partial charge in [-0.3, -0.25) is 0 Å². The summed E-state index contributed by atoms with van der Waals surface area (Å²) in [6.45, 7) is 3.64. The van der Waals surface area contributed by atoms with Crippen LogP contribution in [0.4, 0.5) is 26.3 Å². The van der Waals surface area contributed by atoms with Gasteiger partial charge in [-0.1, -0.05) is 146 Å². The molecule has 0 aromatic heterocycles. The molecule has 8 rings (SSSR count). The molecule has 0 heterocycles. The zero-order valence-electron chi connectivity index (χ0n) is 29.9. The van der Waals surface area contributed by atoms with Crippen molar-refractivity contribution in [3.05, 3.63) is 192 Å². The summed E-state index contributed by atoms with van der Waals surface area (Å²) in [6.07, 6.45) is -11.5. The maximum absolute atomic E-state index is 15.8. The Hall–Kier alpha value is -6.14. The largest absolute Gasteiger partial charge is 0.411 e. The van der Waals surface area contributed by atoms with E-state index in [-0.39, 0.29) is 5.39 Å². The SMILES string of the molecule is Cc1c(-c2ccccc2)c(-c2ccccc2)c(C)c2cc(C(c3ccc4cc(-c5ccccc5)c(-c5ccccc5)cc4c3)(C(F)(F)F)C(F)(F)F)ccc12. The third-order valence-electron chi connectivity index (χ3n) is 10.8. The van der Waals surface area contributed by atoms with Crippen molar-refractivity contribution >= 4 is 21.5 Å². The van der Waals surface area contributed by atoms with Gasteiger partial charge in [-0.25, -0.2) is 0 Å². The third-order valence-corrected chi connectivity index (χ3v) is 10.8. The van der Waals surface area contributed by atoms with Crippen LogP contribution in [0.5, 0.6) is 0 Å². The van der Waals surface area contributed by atoms with E-state index in [9.17, 15) is 0 Å². The third kappa shape index (κ3) is 5.97. The van der Waals surface area contributed by atoms with E-state index in [2.05, 4.69) is 0 Å². The van der Waals surface area contributed by atoms with Gasteiger partial charge in [0.25, 0.3) is 0 Å². The van der Waals surface area contributed by atoms with Gasteiger partial charge < -0.3 is 0 Å². The van der Waals surface area contributed by atoms with Gasteiger partial charge in [0.15, 0.2) is 0 Å². The first-order valence-corrected chi connectivity index (χ1v) is 17.9. The van der Waals surface area contributed by atoms with Crippen LogP contribution >= 0.6 is 0 Å². The lowest BCUT2D eigenvalue weighted by Crippen LogP contribution is -2.54. The van der Waals surface area contributed by atoms with E-state index >= 15 is 26.3 Å². The number of benzene rings is 8. The van der Waals surface area contributed by atoms with Crippen LogP contribution in [0.25, 0.3) is 66.1 Å². The number of hydrogen-bond acceptors (Lipinski definition) is 0. The van der Waals surface area contributed by atoms with Crippen LogP contribution < -0.4 is 0 Å². The molecule has 8 aromatic carbocycles. The van der Waals surface area contributed by atoms with E-state index < -0.39 is 28.9 Å². The van der Waals surface area contributed by atoms with Gasteiger partial charge >= 0.3 is 12.4 Å². The molecule has 6 heteroatoms. The van der Waals surface area contributed by atoms with E-state index in [4.69, 9.17) is 0 Å². The van der Waals surface area contributed by atoms with Gasteiger partial charge in [-0.2, -0.15) is 26.3 Å². The zero-order chi connectivity index (χ0) is 38.5. The maximum atomic E-state index is 15.8. The fourth-order valence-electron chi connectivity index (χ4n) is 8.22. The minimum atomic E-state index is -5.76. The van der Waals surface area contributed by atoms with E-state index in [1.807, 2.05) is 134 Å². The van der Waals surface area contributed by atoms with E-state index in [1.165, 1.54) is 12.1 Å². The zero-order valence-corrected chi connectivity index (χ0v) is 29.9. The van der Waals surface area contributed by atoms with Crippen LogP contribution in [-0.2, 0) is 5.41 Å². The van der Waals surface area contributed by atoms with Gasteiger partial charge in [-0.15, -0.1) is 0 Å². The molecule has 0 atom stereocenters. The molecule has 8 aromatic rings. The van der Waals surface area contributed by atoms with E-state index in [1.54, 1.807) is 13.0 Å². The van der Waals surface area contributed by atoms with Crippen LogP contribution in [0.2, 0.25) is 0 Å². The Balaban J connectivity index is 1.41. The molecule has 0 amide bonds. The molecular formula is C49H34F6. The van der Waals surface area contributed by atoms with Crippen molar-refractivity contribution < 1.29 is 26.3 Å². The molecular weight excluding hydrogens is 703 g/mol. The molecule has 272 valence electrons. The van der Waals surface area contributed by atoms with Gasteiger partial charge in [0.1, 0.15) is 0 Å². The molecule has 0 radical (unpaired) electrons. The summed E-state index contributed by atoms with van der Waals surface area (Å²) < 4.78 is 94.6. The molecule has 0 saturated carbocycles. The summed E-state index contributed by atoms with van der Waals surface area (Å²) in [7, 11) is 0. The van der Waals surface area contributed by atoms with Crippen molar-refractivity contribution in [2.45, 2.75) is 31.6 Å². The molecule has 0 saturated heterocycles. The number of fused-ring (bicyclic) bond motifs is 2. The van der Waals surface area contributed by atoms with Crippen LogP contribution in [0.15, 0.2) is 170 Å². The van der Waals surface area contributed by atoms with Crippen molar-refractivity contribution in [3.63, 3.8) is 0 Å². The predicted molar refractivity (Wildman–Crippen MR) is 212 cm³/mol.